The SMILES string of the molecule is C/C(=N\NC1=NCCCCC1)c1ccc([N+](=O)[O-])cc1. The van der Waals surface area contributed by atoms with Gasteiger partial charge in [0.25, 0.3) is 5.69 Å². The van der Waals surface area contributed by atoms with Crippen molar-refractivity contribution in [1.29, 1.82) is 0 Å². The molecule has 2 rings (SSSR count). The Morgan fingerprint density at radius 1 is 1.30 bits per heavy atom. The Labute approximate surface area is 117 Å². The van der Waals surface area contributed by atoms with Gasteiger partial charge >= 0.3 is 0 Å². The van der Waals surface area contributed by atoms with Crippen LogP contribution in [0.1, 0.15) is 38.2 Å². The van der Waals surface area contributed by atoms with Crippen molar-refractivity contribution >= 4 is 17.2 Å². The molecule has 6 nitrogen and oxygen atoms in total. The molecular formula is C14H18N4O2. The molecule has 0 bridgehead atoms. The van der Waals surface area contributed by atoms with Crippen LogP contribution in [0.3, 0.4) is 0 Å². The van der Waals surface area contributed by atoms with Gasteiger partial charge in [0.05, 0.1) is 10.6 Å². The number of aliphatic imine (C=N–C) groups is 1. The summed E-state index contributed by atoms with van der Waals surface area (Å²) in [5, 5.41) is 14.9. The van der Waals surface area contributed by atoms with E-state index in [1.165, 1.54) is 18.6 Å². The van der Waals surface area contributed by atoms with Crippen LogP contribution in [0, 0.1) is 10.1 Å². The fourth-order valence-electron chi connectivity index (χ4n) is 2.00. The molecule has 0 fully saturated rings. The summed E-state index contributed by atoms with van der Waals surface area (Å²) in [6.07, 6.45) is 4.41. The van der Waals surface area contributed by atoms with E-state index in [2.05, 4.69) is 15.5 Å². The van der Waals surface area contributed by atoms with Crippen molar-refractivity contribution in [1.82, 2.24) is 5.43 Å². The number of nitro benzene ring substituents is 1. The molecule has 0 aromatic heterocycles. The zero-order chi connectivity index (χ0) is 14.4. The lowest BCUT2D eigenvalue weighted by Gasteiger charge is -2.05. The van der Waals surface area contributed by atoms with E-state index in [9.17, 15) is 10.1 Å². The Morgan fingerprint density at radius 2 is 2.05 bits per heavy atom. The van der Waals surface area contributed by atoms with Crippen LogP contribution in [-0.4, -0.2) is 23.0 Å². The number of hydrogen-bond donors (Lipinski definition) is 1. The van der Waals surface area contributed by atoms with Gasteiger partial charge in [-0.3, -0.25) is 20.5 Å². The summed E-state index contributed by atoms with van der Waals surface area (Å²) >= 11 is 0. The lowest BCUT2D eigenvalue weighted by Crippen LogP contribution is -2.19. The molecule has 0 unspecified atom stereocenters. The molecule has 1 aliphatic rings. The van der Waals surface area contributed by atoms with Gasteiger partial charge in [-0.2, -0.15) is 5.10 Å². The van der Waals surface area contributed by atoms with Gasteiger partial charge in [-0.05, 0) is 37.5 Å². The molecule has 20 heavy (non-hydrogen) atoms. The summed E-state index contributed by atoms with van der Waals surface area (Å²) < 4.78 is 0. The maximum absolute atomic E-state index is 10.6. The Kier molecular flexibility index (Phi) is 4.81. The summed E-state index contributed by atoms with van der Waals surface area (Å²) in [6, 6.07) is 6.37. The quantitative estimate of drug-likeness (QED) is 0.523. The van der Waals surface area contributed by atoms with E-state index in [0.29, 0.717) is 0 Å². The molecule has 6 heteroatoms. The van der Waals surface area contributed by atoms with Gasteiger partial charge in [0.1, 0.15) is 5.84 Å². The number of nitrogens with one attached hydrogen (secondary N) is 1. The van der Waals surface area contributed by atoms with Gasteiger partial charge in [0.15, 0.2) is 0 Å². The van der Waals surface area contributed by atoms with Crippen LogP contribution < -0.4 is 5.43 Å². The number of nitro groups is 1. The van der Waals surface area contributed by atoms with Gasteiger partial charge < -0.3 is 0 Å². The highest BCUT2D eigenvalue weighted by atomic mass is 16.6. The smallest absolute Gasteiger partial charge is 0.269 e. The second-order valence-electron chi connectivity index (χ2n) is 4.75. The van der Waals surface area contributed by atoms with E-state index < -0.39 is 4.92 Å². The first-order valence-electron chi connectivity index (χ1n) is 6.75. The molecule has 0 atom stereocenters. The largest absolute Gasteiger partial charge is 0.271 e. The highest BCUT2D eigenvalue weighted by Crippen LogP contribution is 2.12. The van der Waals surface area contributed by atoms with Crippen LogP contribution in [0.2, 0.25) is 0 Å². The summed E-state index contributed by atoms with van der Waals surface area (Å²) in [4.78, 5) is 14.6. The standard InChI is InChI=1S/C14H18N4O2/c1-11(12-6-8-13(9-7-12)18(19)20)16-17-14-5-3-2-4-10-15-14/h6-9H,2-5,10H2,1H3,(H,15,17)/b16-11+. The maximum Gasteiger partial charge on any atom is 0.269 e. The highest BCUT2D eigenvalue weighted by Gasteiger charge is 2.06. The van der Waals surface area contributed by atoms with Crippen molar-refractivity contribution in [2.24, 2.45) is 10.1 Å². The Balaban J connectivity index is 2.02. The number of hydrazone groups is 1. The third kappa shape index (κ3) is 3.88. The number of hydrogen-bond acceptors (Lipinski definition) is 5. The van der Waals surface area contributed by atoms with Crippen LogP contribution in [0.4, 0.5) is 5.69 Å². The molecule has 0 radical (unpaired) electrons. The van der Waals surface area contributed by atoms with Crippen molar-refractivity contribution in [2.45, 2.75) is 32.6 Å². The third-order valence-electron chi connectivity index (χ3n) is 3.22. The monoisotopic (exact) mass is 274 g/mol. The van der Waals surface area contributed by atoms with Crippen molar-refractivity contribution in [3.8, 4) is 0 Å². The fraction of sp³-hybridized carbons (Fsp3) is 0.429. The number of non-ortho nitro benzene ring substituents is 1. The van der Waals surface area contributed by atoms with E-state index in [1.807, 2.05) is 6.92 Å². The van der Waals surface area contributed by atoms with Crippen molar-refractivity contribution in [3.63, 3.8) is 0 Å². The van der Waals surface area contributed by atoms with Crippen LogP contribution in [0.5, 0.6) is 0 Å². The van der Waals surface area contributed by atoms with E-state index in [-0.39, 0.29) is 5.69 Å². The fourth-order valence-corrected chi connectivity index (χ4v) is 2.00. The first-order valence-corrected chi connectivity index (χ1v) is 6.75. The Hall–Kier alpha value is -2.24. The summed E-state index contributed by atoms with van der Waals surface area (Å²) in [5.74, 6) is 0.920. The molecule has 0 saturated heterocycles. The molecule has 1 aliphatic heterocycles. The molecule has 0 amide bonds. The minimum absolute atomic E-state index is 0.0858. The van der Waals surface area contributed by atoms with Crippen LogP contribution in [0.25, 0.3) is 0 Å². The number of rotatable bonds is 3. The summed E-state index contributed by atoms with van der Waals surface area (Å²) in [6.45, 7) is 2.72. The van der Waals surface area contributed by atoms with E-state index >= 15 is 0 Å². The number of amidine groups is 1. The third-order valence-corrected chi connectivity index (χ3v) is 3.22. The van der Waals surface area contributed by atoms with Crippen LogP contribution in [-0.2, 0) is 0 Å². The normalized spacial score (nSPS) is 16.2. The van der Waals surface area contributed by atoms with Gasteiger partial charge in [0.2, 0.25) is 0 Å². The second-order valence-corrected chi connectivity index (χ2v) is 4.75. The van der Waals surface area contributed by atoms with Crippen molar-refractivity contribution in [3.05, 3.63) is 39.9 Å². The zero-order valence-electron chi connectivity index (χ0n) is 11.5. The molecule has 1 heterocycles. The zero-order valence-corrected chi connectivity index (χ0v) is 11.5. The topological polar surface area (TPSA) is 79.9 Å². The van der Waals surface area contributed by atoms with Gasteiger partial charge in [-0.1, -0.05) is 6.42 Å². The predicted octanol–water partition coefficient (Wildman–Crippen LogP) is 2.88. The molecule has 1 aromatic carbocycles. The average molecular weight is 274 g/mol. The van der Waals surface area contributed by atoms with Crippen molar-refractivity contribution in [2.75, 3.05) is 6.54 Å². The molecule has 0 spiro atoms. The van der Waals surface area contributed by atoms with Crippen molar-refractivity contribution < 1.29 is 4.92 Å². The molecular weight excluding hydrogens is 256 g/mol. The minimum atomic E-state index is -0.408. The average Bonchev–Trinajstić information content (AvgIpc) is 2.73. The van der Waals surface area contributed by atoms with E-state index in [1.54, 1.807) is 12.1 Å². The molecule has 1 N–H and O–H groups in total. The first kappa shape index (κ1) is 14.2. The van der Waals surface area contributed by atoms with Crippen LogP contribution in [0.15, 0.2) is 34.4 Å². The van der Waals surface area contributed by atoms with Gasteiger partial charge in [0, 0.05) is 25.1 Å². The lowest BCUT2D eigenvalue weighted by molar-refractivity contribution is -0.384. The maximum atomic E-state index is 10.6. The Bertz CT molecular complexity index is 535. The van der Waals surface area contributed by atoms with Gasteiger partial charge in [-0.25, -0.2) is 0 Å². The van der Waals surface area contributed by atoms with E-state index in [0.717, 1.165) is 42.9 Å². The van der Waals surface area contributed by atoms with Crippen LogP contribution >= 0.6 is 0 Å². The molecule has 0 aliphatic carbocycles. The number of nitrogens with zero attached hydrogens (tertiary/aromatic N) is 3. The molecule has 0 saturated carbocycles. The second kappa shape index (κ2) is 6.79. The first-order chi connectivity index (χ1) is 9.66. The van der Waals surface area contributed by atoms with Gasteiger partial charge in [-0.15, -0.1) is 0 Å². The summed E-state index contributed by atoms with van der Waals surface area (Å²) in [7, 11) is 0. The highest BCUT2D eigenvalue weighted by molar-refractivity contribution is 5.99. The number of benzene rings is 1. The molecule has 1 aromatic rings. The minimum Gasteiger partial charge on any atom is -0.271 e. The predicted molar refractivity (Wildman–Crippen MR) is 79.2 cm³/mol. The lowest BCUT2D eigenvalue weighted by atomic mass is 10.1. The van der Waals surface area contributed by atoms with E-state index in [4.69, 9.17) is 0 Å². The Morgan fingerprint density at radius 3 is 2.75 bits per heavy atom. The molecule has 106 valence electrons. The summed E-state index contributed by atoms with van der Waals surface area (Å²) in [5.41, 5.74) is 4.73.